The first kappa shape index (κ1) is 16.0. The van der Waals surface area contributed by atoms with Crippen LogP contribution in [-0.4, -0.2) is 0 Å². The van der Waals surface area contributed by atoms with Gasteiger partial charge >= 0.3 is 0 Å². The molecule has 0 bridgehead atoms. The molecule has 3 heteroatoms. The van der Waals surface area contributed by atoms with Crippen molar-refractivity contribution in [3.63, 3.8) is 0 Å². The van der Waals surface area contributed by atoms with Gasteiger partial charge in [-0.3, -0.25) is 0 Å². The Hall–Kier alpha value is -1.41. The van der Waals surface area contributed by atoms with Crippen LogP contribution in [0.1, 0.15) is 47.0 Å². The predicted octanol–water partition coefficient (Wildman–Crippen LogP) is 5.73. The Balaban J connectivity index is 2.50. The zero-order valence-electron chi connectivity index (χ0n) is 12.5. The lowest BCUT2D eigenvalue weighted by molar-refractivity contribution is 0.553. The Morgan fingerprint density at radius 2 is 1.67 bits per heavy atom. The third-order valence-corrected chi connectivity index (χ3v) is 4.33. The second-order valence-electron chi connectivity index (χ2n) is 5.19. The van der Waals surface area contributed by atoms with Crippen LogP contribution >= 0.6 is 11.6 Å². The van der Waals surface area contributed by atoms with E-state index in [4.69, 9.17) is 11.6 Å². The van der Waals surface area contributed by atoms with Gasteiger partial charge in [0.15, 0.2) is 0 Å². The zero-order chi connectivity index (χ0) is 15.6. The Labute approximate surface area is 129 Å². The van der Waals surface area contributed by atoms with Crippen LogP contribution in [0.2, 0.25) is 0 Å². The fourth-order valence-electron chi connectivity index (χ4n) is 2.55. The summed E-state index contributed by atoms with van der Waals surface area (Å²) in [6.07, 6.45) is 1.81. The first-order valence-corrected chi connectivity index (χ1v) is 7.63. The Morgan fingerprint density at radius 3 is 2.29 bits per heavy atom. The first-order valence-electron chi connectivity index (χ1n) is 7.19. The van der Waals surface area contributed by atoms with Gasteiger partial charge in [-0.2, -0.15) is 0 Å². The summed E-state index contributed by atoms with van der Waals surface area (Å²) in [7, 11) is 0. The topological polar surface area (TPSA) is 0 Å². The second-order valence-corrected chi connectivity index (χ2v) is 5.63. The standard InChI is InChI=1S/C18H19ClF2/c1-4-12-7-8-14(10-13(12)5-2)17(19)16-15(20)9-6-11(3)18(16)21/h6-10,17H,4-5H2,1-3H3. The van der Waals surface area contributed by atoms with Crippen molar-refractivity contribution in [2.24, 2.45) is 0 Å². The SMILES string of the molecule is CCc1ccc(C(Cl)c2c(F)ccc(C)c2F)cc1CC. The van der Waals surface area contributed by atoms with Gasteiger partial charge in [-0.25, -0.2) is 8.78 Å². The number of halogens is 3. The predicted molar refractivity (Wildman–Crippen MR) is 84.0 cm³/mol. The molecule has 1 atom stereocenters. The zero-order valence-corrected chi connectivity index (χ0v) is 13.3. The lowest BCUT2D eigenvalue weighted by atomic mass is 9.95. The fourth-order valence-corrected chi connectivity index (χ4v) is 2.89. The molecule has 1 unspecified atom stereocenters. The first-order chi connectivity index (χ1) is 9.99. The minimum atomic E-state index is -0.818. The van der Waals surface area contributed by atoms with Crippen LogP contribution in [0.4, 0.5) is 8.78 Å². The highest BCUT2D eigenvalue weighted by atomic mass is 35.5. The Bertz CT molecular complexity index is 650. The molecule has 0 heterocycles. The van der Waals surface area contributed by atoms with Crippen molar-refractivity contribution >= 4 is 11.6 Å². The maximum absolute atomic E-state index is 14.2. The minimum absolute atomic E-state index is 0.0667. The summed E-state index contributed by atoms with van der Waals surface area (Å²) < 4.78 is 28.2. The summed E-state index contributed by atoms with van der Waals surface area (Å²) in [5, 5.41) is -0.818. The molecule has 0 N–H and O–H groups in total. The maximum Gasteiger partial charge on any atom is 0.134 e. The Kier molecular flexibility index (Phi) is 5.00. The molecule has 0 aromatic heterocycles. The molecular formula is C18H19ClF2. The summed E-state index contributed by atoms with van der Waals surface area (Å²) in [5.41, 5.74) is 3.49. The number of rotatable bonds is 4. The van der Waals surface area contributed by atoms with Gasteiger partial charge in [0.2, 0.25) is 0 Å². The van der Waals surface area contributed by atoms with E-state index in [1.54, 1.807) is 6.92 Å². The molecule has 0 amide bonds. The second kappa shape index (κ2) is 6.57. The molecular weight excluding hydrogens is 290 g/mol. The van der Waals surface area contributed by atoms with Crippen LogP contribution in [0.5, 0.6) is 0 Å². The quantitative estimate of drug-likeness (QED) is 0.633. The van der Waals surface area contributed by atoms with Crippen molar-refractivity contribution in [1.29, 1.82) is 0 Å². The van der Waals surface area contributed by atoms with E-state index in [9.17, 15) is 8.78 Å². The van der Waals surface area contributed by atoms with Gasteiger partial charge < -0.3 is 0 Å². The van der Waals surface area contributed by atoms with E-state index in [2.05, 4.69) is 13.8 Å². The van der Waals surface area contributed by atoms with Gasteiger partial charge in [0, 0.05) is 5.56 Å². The van der Waals surface area contributed by atoms with Crippen LogP contribution in [0.15, 0.2) is 30.3 Å². The fraction of sp³-hybridized carbons (Fsp3) is 0.333. The number of benzene rings is 2. The van der Waals surface area contributed by atoms with Crippen molar-refractivity contribution in [3.8, 4) is 0 Å². The molecule has 0 aliphatic rings. The highest BCUT2D eigenvalue weighted by Crippen LogP contribution is 2.34. The molecule has 2 rings (SSSR count). The van der Waals surface area contributed by atoms with Crippen LogP contribution in [0.3, 0.4) is 0 Å². The summed E-state index contributed by atoms with van der Waals surface area (Å²) in [4.78, 5) is 0. The van der Waals surface area contributed by atoms with E-state index >= 15 is 0 Å². The van der Waals surface area contributed by atoms with Gasteiger partial charge in [-0.1, -0.05) is 38.1 Å². The van der Waals surface area contributed by atoms with E-state index in [1.807, 2.05) is 18.2 Å². The van der Waals surface area contributed by atoms with E-state index < -0.39 is 17.0 Å². The van der Waals surface area contributed by atoms with Gasteiger partial charge in [0.25, 0.3) is 0 Å². The summed E-state index contributed by atoms with van der Waals surface area (Å²) in [5.74, 6) is -1.16. The van der Waals surface area contributed by atoms with Gasteiger partial charge in [-0.15, -0.1) is 11.6 Å². The molecule has 0 radical (unpaired) electrons. The molecule has 0 spiro atoms. The average Bonchev–Trinajstić information content (AvgIpc) is 2.50. The van der Waals surface area contributed by atoms with Crippen LogP contribution in [0, 0.1) is 18.6 Å². The maximum atomic E-state index is 14.2. The molecule has 0 nitrogen and oxygen atoms in total. The van der Waals surface area contributed by atoms with Crippen molar-refractivity contribution in [3.05, 3.63) is 69.8 Å². The highest BCUT2D eigenvalue weighted by Gasteiger charge is 2.21. The largest absolute Gasteiger partial charge is 0.207 e. The van der Waals surface area contributed by atoms with Crippen molar-refractivity contribution in [2.75, 3.05) is 0 Å². The Morgan fingerprint density at radius 1 is 1.00 bits per heavy atom. The van der Waals surface area contributed by atoms with Gasteiger partial charge in [0.05, 0.1) is 5.38 Å². The smallest absolute Gasteiger partial charge is 0.134 e. The monoisotopic (exact) mass is 308 g/mol. The molecule has 21 heavy (non-hydrogen) atoms. The summed E-state index contributed by atoms with van der Waals surface area (Å²) in [6, 6.07) is 8.50. The van der Waals surface area contributed by atoms with Crippen LogP contribution < -0.4 is 0 Å². The number of alkyl halides is 1. The molecule has 0 aliphatic heterocycles. The number of aryl methyl sites for hydroxylation is 3. The molecule has 0 fully saturated rings. The van der Waals surface area contributed by atoms with E-state index in [0.29, 0.717) is 5.56 Å². The molecule has 2 aromatic carbocycles. The van der Waals surface area contributed by atoms with Crippen molar-refractivity contribution in [2.45, 2.75) is 39.0 Å². The van der Waals surface area contributed by atoms with E-state index in [0.717, 1.165) is 18.4 Å². The molecule has 112 valence electrons. The molecule has 2 aromatic rings. The summed E-state index contributed by atoms with van der Waals surface area (Å²) >= 11 is 6.36. The van der Waals surface area contributed by atoms with Gasteiger partial charge in [0.1, 0.15) is 11.6 Å². The van der Waals surface area contributed by atoms with Crippen LogP contribution in [-0.2, 0) is 12.8 Å². The minimum Gasteiger partial charge on any atom is -0.207 e. The molecule has 0 saturated heterocycles. The van der Waals surface area contributed by atoms with Crippen LogP contribution in [0.25, 0.3) is 0 Å². The molecule has 0 aliphatic carbocycles. The lowest BCUT2D eigenvalue weighted by Gasteiger charge is -2.16. The number of hydrogen-bond donors (Lipinski definition) is 0. The normalized spacial score (nSPS) is 12.5. The average molecular weight is 309 g/mol. The number of hydrogen-bond acceptors (Lipinski definition) is 0. The highest BCUT2D eigenvalue weighted by molar-refractivity contribution is 6.22. The third kappa shape index (κ3) is 3.11. The van der Waals surface area contributed by atoms with Gasteiger partial charge in [-0.05, 0) is 48.1 Å². The van der Waals surface area contributed by atoms with Crippen molar-refractivity contribution < 1.29 is 8.78 Å². The summed E-state index contributed by atoms with van der Waals surface area (Å²) in [6.45, 7) is 5.76. The van der Waals surface area contributed by atoms with E-state index in [1.165, 1.54) is 23.3 Å². The van der Waals surface area contributed by atoms with E-state index in [-0.39, 0.29) is 5.56 Å². The molecule has 0 saturated carbocycles. The van der Waals surface area contributed by atoms with Crippen molar-refractivity contribution in [1.82, 2.24) is 0 Å². The lowest BCUT2D eigenvalue weighted by Crippen LogP contribution is -2.04. The third-order valence-electron chi connectivity index (χ3n) is 3.86.